The Morgan fingerprint density at radius 1 is 1.55 bits per heavy atom. The zero-order chi connectivity index (χ0) is 16.1. The molecule has 22 heavy (non-hydrogen) atoms. The van der Waals surface area contributed by atoms with Crippen molar-refractivity contribution >= 4 is 31.0 Å². The molecule has 2 aliphatic rings. The van der Waals surface area contributed by atoms with E-state index >= 15 is 0 Å². The van der Waals surface area contributed by atoms with Gasteiger partial charge in [-0.25, -0.2) is 4.98 Å². The summed E-state index contributed by atoms with van der Waals surface area (Å²) in [5, 5.41) is 5.17. The van der Waals surface area contributed by atoms with Gasteiger partial charge in [-0.15, -0.1) is 0 Å². The van der Waals surface area contributed by atoms with Crippen molar-refractivity contribution in [1.29, 1.82) is 0 Å². The summed E-state index contributed by atoms with van der Waals surface area (Å²) in [5.41, 5.74) is 0. The first-order valence-corrected chi connectivity index (χ1v) is 8.57. The van der Waals surface area contributed by atoms with Gasteiger partial charge in [-0.1, -0.05) is 19.7 Å². The second-order valence-corrected chi connectivity index (χ2v) is 6.65. The lowest BCUT2D eigenvalue weighted by Crippen LogP contribution is -2.23. The third-order valence-electron chi connectivity index (χ3n) is 4.44. The zero-order valence-electron chi connectivity index (χ0n) is 13.0. The number of thiol groups is 1. The van der Waals surface area contributed by atoms with Gasteiger partial charge in [-0.2, -0.15) is 0 Å². The zero-order valence-corrected chi connectivity index (χ0v) is 14.7. The van der Waals surface area contributed by atoms with Gasteiger partial charge in [0.05, 0.1) is 12.5 Å². The molecular formula is C14H24N4O2S2. The maximum absolute atomic E-state index is 11.7. The van der Waals surface area contributed by atoms with Crippen LogP contribution in [0.1, 0.15) is 26.7 Å². The van der Waals surface area contributed by atoms with Gasteiger partial charge in [-0.05, 0) is 49.7 Å². The number of aromatic nitrogens is 3. The maximum Gasteiger partial charge on any atom is 0.309 e. The van der Waals surface area contributed by atoms with Gasteiger partial charge in [-0.3, -0.25) is 19.3 Å². The number of aromatic amines is 2. The van der Waals surface area contributed by atoms with Crippen molar-refractivity contribution in [2.45, 2.75) is 26.7 Å². The van der Waals surface area contributed by atoms with Gasteiger partial charge < -0.3 is 4.74 Å². The molecular weight excluding hydrogens is 320 g/mol. The lowest BCUT2D eigenvalue weighted by atomic mass is 10.00. The molecule has 2 fully saturated rings. The third kappa shape index (κ3) is 4.33. The topological polar surface area (TPSA) is 74.0 Å². The fourth-order valence-corrected chi connectivity index (χ4v) is 3.74. The van der Waals surface area contributed by atoms with Gasteiger partial charge >= 0.3 is 5.97 Å². The first kappa shape index (κ1) is 17.5. The molecule has 4 atom stereocenters. The summed E-state index contributed by atoms with van der Waals surface area (Å²) in [6, 6.07) is 0. The highest BCUT2D eigenvalue weighted by atomic mass is 32.1. The van der Waals surface area contributed by atoms with E-state index in [0.29, 0.717) is 29.1 Å². The molecule has 0 bridgehead atoms. The highest BCUT2D eigenvalue weighted by Crippen LogP contribution is 2.61. The van der Waals surface area contributed by atoms with Crippen LogP contribution in [0.5, 0.6) is 0 Å². The quantitative estimate of drug-likeness (QED) is 0.435. The minimum absolute atomic E-state index is 0.0319. The Hall–Kier alpha value is -0.860. The van der Waals surface area contributed by atoms with Gasteiger partial charge in [0, 0.05) is 13.1 Å². The number of H-pyrrole nitrogens is 2. The summed E-state index contributed by atoms with van der Waals surface area (Å²) in [7, 11) is 0. The smallest absolute Gasteiger partial charge is 0.309 e. The second kappa shape index (κ2) is 8.12. The molecule has 1 heterocycles. The predicted molar refractivity (Wildman–Crippen MR) is 89.8 cm³/mol. The lowest BCUT2D eigenvalue weighted by molar-refractivity contribution is -0.145. The molecule has 0 aromatic carbocycles. The van der Waals surface area contributed by atoms with Crippen LogP contribution < -0.4 is 0 Å². The summed E-state index contributed by atoms with van der Waals surface area (Å²) in [6.07, 6.45) is 3.95. The highest BCUT2D eigenvalue weighted by Gasteiger charge is 2.61. The Bertz CT molecular complexity index is 516. The lowest BCUT2D eigenvalue weighted by Gasteiger charge is -2.20. The van der Waals surface area contributed by atoms with Gasteiger partial charge in [0.15, 0.2) is 0 Å². The number of rotatable bonds is 5. The van der Waals surface area contributed by atoms with Gasteiger partial charge in [0.25, 0.3) is 0 Å². The van der Waals surface area contributed by atoms with Crippen molar-refractivity contribution in [3.05, 3.63) is 11.1 Å². The van der Waals surface area contributed by atoms with Crippen LogP contribution in [0, 0.1) is 28.4 Å². The molecule has 2 saturated carbocycles. The molecule has 2 N–H and O–H groups in total. The molecule has 0 amide bonds. The van der Waals surface area contributed by atoms with Crippen LogP contribution in [0.3, 0.4) is 0 Å². The number of fused-ring (bicyclic) bond motifs is 1. The molecule has 3 rings (SSSR count). The molecule has 8 heteroatoms. The largest absolute Gasteiger partial charge is 0.466 e. The summed E-state index contributed by atoms with van der Waals surface area (Å²) < 4.78 is 7.65. The monoisotopic (exact) mass is 344 g/mol. The van der Waals surface area contributed by atoms with Crippen LogP contribution in [0.25, 0.3) is 0 Å². The molecule has 1 aromatic rings. The predicted octanol–water partition coefficient (Wildman–Crippen LogP) is 2.46. The van der Waals surface area contributed by atoms with E-state index < -0.39 is 0 Å². The van der Waals surface area contributed by atoms with Gasteiger partial charge in [0.2, 0.25) is 4.77 Å². The minimum Gasteiger partial charge on any atom is -0.466 e. The fraction of sp³-hybridized carbons (Fsp3) is 0.786. The van der Waals surface area contributed by atoms with E-state index in [4.69, 9.17) is 4.74 Å². The Kier molecular flexibility index (Phi) is 6.46. The van der Waals surface area contributed by atoms with Gasteiger partial charge in [0.1, 0.15) is 6.33 Å². The van der Waals surface area contributed by atoms with Crippen molar-refractivity contribution in [2.75, 3.05) is 19.7 Å². The van der Waals surface area contributed by atoms with Crippen LogP contribution in [-0.2, 0) is 9.53 Å². The molecule has 2 aliphatic carbocycles. The number of carbonyl (C=O) groups is 1. The van der Waals surface area contributed by atoms with Crippen molar-refractivity contribution in [2.24, 2.45) is 23.7 Å². The van der Waals surface area contributed by atoms with Crippen LogP contribution in [0.4, 0.5) is 0 Å². The van der Waals surface area contributed by atoms with Crippen molar-refractivity contribution in [3.63, 3.8) is 0 Å². The highest BCUT2D eigenvalue weighted by molar-refractivity contribution is 7.77. The third-order valence-corrected chi connectivity index (χ3v) is 5.09. The fourth-order valence-electron chi connectivity index (χ4n) is 3.41. The van der Waals surface area contributed by atoms with E-state index in [1.165, 1.54) is 19.2 Å². The molecule has 1 aromatic heterocycles. The van der Waals surface area contributed by atoms with E-state index in [-0.39, 0.29) is 11.9 Å². The Balaban J connectivity index is 0.000000246. The summed E-state index contributed by atoms with van der Waals surface area (Å²) in [4.78, 5) is 15.3. The van der Waals surface area contributed by atoms with Crippen LogP contribution in [-0.4, -0.2) is 45.2 Å². The number of ether oxygens (including phenoxy) is 1. The normalized spacial score (nSPS) is 28.7. The number of hydrogen-bond donors (Lipinski definition) is 3. The van der Waals surface area contributed by atoms with Crippen LogP contribution in [0.15, 0.2) is 6.33 Å². The second-order valence-electron chi connectivity index (χ2n) is 5.69. The SMILES string of the molecule is CCOC(=O)C1C2CCC(CN(S)CC)C21.S=c1nc[nH][nH]1. The number of hydrogen-bond acceptors (Lipinski definition) is 6. The number of carbonyl (C=O) groups excluding carboxylic acids is 1. The van der Waals surface area contributed by atoms with Crippen LogP contribution in [0.2, 0.25) is 0 Å². The summed E-state index contributed by atoms with van der Waals surface area (Å²) in [6.45, 7) is 6.46. The molecule has 0 saturated heterocycles. The van der Waals surface area contributed by atoms with E-state index in [1.807, 2.05) is 11.2 Å². The summed E-state index contributed by atoms with van der Waals surface area (Å²) >= 11 is 8.95. The molecule has 0 spiro atoms. The Labute approximate surface area is 141 Å². The van der Waals surface area contributed by atoms with E-state index in [0.717, 1.165) is 13.1 Å². The van der Waals surface area contributed by atoms with Crippen molar-refractivity contribution < 1.29 is 9.53 Å². The van der Waals surface area contributed by atoms with Crippen molar-refractivity contribution in [1.82, 2.24) is 19.5 Å². The molecule has 0 aliphatic heterocycles. The number of esters is 1. The van der Waals surface area contributed by atoms with E-state index in [1.54, 1.807) is 0 Å². The average Bonchev–Trinajstić information content (AvgIpc) is 2.80. The maximum atomic E-state index is 11.7. The average molecular weight is 345 g/mol. The summed E-state index contributed by atoms with van der Waals surface area (Å²) in [5.74, 6) is 2.08. The Morgan fingerprint density at radius 2 is 2.32 bits per heavy atom. The standard InChI is InChI=1S/C12H21NO2S.C2H3N3S/c1-3-13(16)7-8-5-6-9-10(8)11(9)12(14)15-4-2;6-2-3-1-4-5-2/h8-11,16H,3-7H2,1-2H3;1H,(H2,3,4,5,6). The van der Waals surface area contributed by atoms with E-state index in [2.05, 4.69) is 47.1 Å². The first-order chi connectivity index (χ1) is 10.6. The molecule has 4 unspecified atom stereocenters. The number of nitrogens with one attached hydrogen (secondary N) is 2. The molecule has 124 valence electrons. The first-order valence-electron chi connectivity index (χ1n) is 7.76. The Morgan fingerprint density at radius 3 is 2.82 bits per heavy atom. The minimum atomic E-state index is 0.0319. The van der Waals surface area contributed by atoms with E-state index in [9.17, 15) is 4.79 Å². The molecule has 6 nitrogen and oxygen atoms in total. The van der Waals surface area contributed by atoms with Crippen molar-refractivity contribution in [3.8, 4) is 0 Å². The molecule has 0 radical (unpaired) electrons. The number of nitrogens with zero attached hydrogens (tertiary/aromatic N) is 2. The van der Waals surface area contributed by atoms with Crippen LogP contribution >= 0.6 is 25.0 Å².